The summed E-state index contributed by atoms with van der Waals surface area (Å²) in [6, 6.07) is -1.29. The minimum atomic E-state index is -1.29. The molecule has 0 unspecified atom stereocenters. The maximum absolute atomic E-state index is 10.2. The van der Waals surface area contributed by atoms with E-state index in [1.165, 1.54) is 44.9 Å². The Bertz CT molecular complexity index is 333. The summed E-state index contributed by atoms with van der Waals surface area (Å²) in [5.41, 5.74) is 4.84. The summed E-state index contributed by atoms with van der Waals surface area (Å²) in [7, 11) is 0. The number of hydrogen-bond donors (Lipinski definition) is 4. The Morgan fingerprint density at radius 1 is 0.783 bits per heavy atom. The number of aliphatic carboxylic acids is 3. The topological polar surface area (TPSA) is 138 Å². The highest BCUT2D eigenvalue weighted by Crippen LogP contribution is 2.10. The lowest BCUT2D eigenvalue weighted by Crippen LogP contribution is -2.32. The standard InChI is InChI=1S/C12H24O2.C4H7NO4/c1-2-3-4-5-6-7-8-9-10-11-12(13)14;5-2(4(8)9)1-3(6)7/h2-11H2,1H3,(H,13,14);2H,1,5H2,(H,6,7)(H,8,9)/t;2-/m.0/s1. The minimum Gasteiger partial charge on any atom is -0.481 e. The molecule has 0 saturated carbocycles. The van der Waals surface area contributed by atoms with Crippen LogP contribution in [0.4, 0.5) is 0 Å². The number of unbranched alkanes of at least 4 members (excludes halogenated alkanes) is 8. The van der Waals surface area contributed by atoms with E-state index in [1.54, 1.807) is 0 Å². The third kappa shape index (κ3) is 22.8. The van der Waals surface area contributed by atoms with Crippen molar-refractivity contribution in [3.05, 3.63) is 0 Å². The van der Waals surface area contributed by atoms with E-state index in [4.69, 9.17) is 21.1 Å². The van der Waals surface area contributed by atoms with E-state index in [9.17, 15) is 14.4 Å². The molecule has 0 aliphatic rings. The second kappa shape index (κ2) is 16.7. The summed E-state index contributed by atoms with van der Waals surface area (Å²) in [6.07, 6.45) is 10.9. The number of nitrogens with two attached hydrogens (primary N) is 1. The van der Waals surface area contributed by atoms with Gasteiger partial charge in [0.2, 0.25) is 0 Å². The zero-order valence-corrected chi connectivity index (χ0v) is 14.0. The normalized spacial score (nSPS) is 11.2. The van der Waals surface area contributed by atoms with Crippen molar-refractivity contribution in [2.45, 2.75) is 83.6 Å². The molecule has 23 heavy (non-hydrogen) atoms. The Balaban J connectivity index is 0. The predicted molar refractivity (Wildman–Crippen MR) is 87.3 cm³/mol. The van der Waals surface area contributed by atoms with Crippen molar-refractivity contribution >= 4 is 17.9 Å². The summed E-state index contributed by atoms with van der Waals surface area (Å²) in [5, 5.41) is 24.4. The molecule has 0 amide bonds. The lowest BCUT2D eigenvalue weighted by atomic mass is 10.1. The molecule has 7 heteroatoms. The summed E-state index contributed by atoms with van der Waals surface area (Å²) in [4.78, 5) is 29.8. The number of carboxylic acids is 3. The third-order valence-corrected chi connectivity index (χ3v) is 3.21. The third-order valence-electron chi connectivity index (χ3n) is 3.21. The van der Waals surface area contributed by atoms with E-state index in [1.807, 2.05) is 0 Å². The Kier molecular flexibility index (Phi) is 17.2. The lowest BCUT2D eigenvalue weighted by Gasteiger charge is -2.00. The van der Waals surface area contributed by atoms with Crippen LogP contribution in [-0.4, -0.2) is 39.3 Å². The zero-order valence-electron chi connectivity index (χ0n) is 14.0. The van der Waals surface area contributed by atoms with E-state index in [0.29, 0.717) is 6.42 Å². The molecule has 0 aliphatic heterocycles. The first-order valence-electron chi connectivity index (χ1n) is 8.23. The van der Waals surface area contributed by atoms with Crippen molar-refractivity contribution < 1.29 is 29.7 Å². The molecule has 0 heterocycles. The first kappa shape index (κ1) is 23.6. The van der Waals surface area contributed by atoms with E-state index >= 15 is 0 Å². The van der Waals surface area contributed by atoms with E-state index in [2.05, 4.69) is 6.92 Å². The molecule has 0 saturated heterocycles. The fraction of sp³-hybridized carbons (Fsp3) is 0.812. The molecule has 136 valence electrons. The van der Waals surface area contributed by atoms with Crippen LogP contribution >= 0.6 is 0 Å². The molecule has 0 fully saturated rings. The van der Waals surface area contributed by atoms with Crippen molar-refractivity contribution in [1.82, 2.24) is 0 Å². The van der Waals surface area contributed by atoms with Gasteiger partial charge in [0.25, 0.3) is 0 Å². The van der Waals surface area contributed by atoms with E-state index in [0.717, 1.165) is 12.8 Å². The Hall–Kier alpha value is -1.63. The number of hydrogen-bond acceptors (Lipinski definition) is 4. The van der Waals surface area contributed by atoms with Gasteiger partial charge in [-0.25, -0.2) is 0 Å². The Morgan fingerprint density at radius 2 is 1.22 bits per heavy atom. The van der Waals surface area contributed by atoms with E-state index in [-0.39, 0.29) is 0 Å². The van der Waals surface area contributed by atoms with Crippen LogP contribution in [0.1, 0.15) is 77.6 Å². The van der Waals surface area contributed by atoms with Gasteiger partial charge in [-0.3, -0.25) is 14.4 Å². The number of rotatable bonds is 13. The molecule has 0 aromatic heterocycles. The molecular formula is C16H31NO6. The first-order valence-corrected chi connectivity index (χ1v) is 8.23. The number of carbonyl (C=O) groups is 3. The summed E-state index contributed by atoms with van der Waals surface area (Å²) in [5.74, 6) is -3.16. The van der Waals surface area contributed by atoms with Crippen molar-refractivity contribution in [3.8, 4) is 0 Å². The molecule has 0 aromatic carbocycles. The quantitative estimate of drug-likeness (QED) is 0.380. The summed E-state index contributed by atoms with van der Waals surface area (Å²) >= 11 is 0. The van der Waals surface area contributed by atoms with Gasteiger partial charge >= 0.3 is 17.9 Å². The van der Waals surface area contributed by atoms with Gasteiger partial charge in [0, 0.05) is 6.42 Å². The predicted octanol–water partition coefficient (Wildman–Crippen LogP) is 2.86. The molecule has 7 nitrogen and oxygen atoms in total. The molecular weight excluding hydrogens is 302 g/mol. The average molecular weight is 333 g/mol. The van der Waals surface area contributed by atoms with Gasteiger partial charge in [-0.1, -0.05) is 58.3 Å². The maximum Gasteiger partial charge on any atom is 0.321 e. The monoisotopic (exact) mass is 333 g/mol. The lowest BCUT2D eigenvalue weighted by molar-refractivity contribution is -0.144. The highest BCUT2D eigenvalue weighted by molar-refractivity contribution is 5.80. The number of carboxylic acid groups (broad SMARTS) is 3. The largest absolute Gasteiger partial charge is 0.481 e. The molecule has 0 bridgehead atoms. The first-order chi connectivity index (χ1) is 10.8. The highest BCUT2D eigenvalue weighted by Gasteiger charge is 2.14. The Labute approximate surface area is 137 Å². The fourth-order valence-electron chi connectivity index (χ4n) is 1.86. The van der Waals surface area contributed by atoms with Crippen molar-refractivity contribution in [3.63, 3.8) is 0 Å². The highest BCUT2D eigenvalue weighted by atomic mass is 16.4. The summed E-state index contributed by atoms with van der Waals surface area (Å²) < 4.78 is 0. The maximum atomic E-state index is 10.2. The second-order valence-corrected chi connectivity index (χ2v) is 5.51. The van der Waals surface area contributed by atoms with Crippen LogP contribution in [0.2, 0.25) is 0 Å². The SMILES string of the molecule is CCCCCCCCCCCC(=O)O.N[C@@H](CC(=O)O)C(=O)O. The summed E-state index contributed by atoms with van der Waals surface area (Å²) in [6.45, 7) is 2.23. The molecule has 0 aliphatic carbocycles. The van der Waals surface area contributed by atoms with Crippen LogP contribution in [0.3, 0.4) is 0 Å². The van der Waals surface area contributed by atoms with Crippen LogP contribution in [0.25, 0.3) is 0 Å². The fourth-order valence-corrected chi connectivity index (χ4v) is 1.86. The van der Waals surface area contributed by atoms with Crippen molar-refractivity contribution in [2.24, 2.45) is 5.73 Å². The van der Waals surface area contributed by atoms with Crippen LogP contribution in [0, 0.1) is 0 Å². The minimum absolute atomic E-state index is 0.343. The molecule has 0 aromatic rings. The molecule has 1 atom stereocenters. The van der Waals surface area contributed by atoms with Crippen LogP contribution in [0.15, 0.2) is 0 Å². The molecule has 0 radical (unpaired) electrons. The van der Waals surface area contributed by atoms with Gasteiger partial charge < -0.3 is 21.1 Å². The van der Waals surface area contributed by atoms with Gasteiger partial charge in [-0.05, 0) is 6.42 Å². The second-order valence-electron chi connectivity index (χ2n) is 5.51. The van der Waals surface area contributed by atoms with E-state index < -0.39 is 30.4 Å². The van der Waals surface area contributed by atoms with Crippen LogP contribution in [-0.2, 0) is 14.4 Å². The van der Waals surface area contributed by atoms with Crippen molar-refractivity contribution in [2.75, 3.05) is 0 Å². The Morgan fingerprint density at radius 3 is 1.52 bits per heavy atom. The van der Waals surface area contributed by atoms with Gasteiger partial charge in [0.15, 0.2) is 0 Å². The zero-order chi connectivity index (χ0) is 18.1. The van der Waals surface area contributed by atoms with Gasteiger partial charge in [0.05, 0.1) is 6.42 Å². The molecule has 0 rings (SSSR count). The molecule has 5 N–H and O–H groups in total. The van der Waals surface area contributed by atoms with Gasteiger partial charge in [0.1, 0.15) is 6.04 Å². The average Bonchev–Trinajstić information content (AvgIpc) is 2.45. The smallest absolute Gasteiger partial charge is 0.321 e. The van der Waals surface area contributed by atoms with Gasteiger partial charge in [-0.15, -0.1) is 0 Å². The van der Waals surface area contributed by atoms with Gasteiger partial charge in [-0.2, -0.15) is 0 Å². The van der Waals surface area contributed by atoms with Crippen molar-refractivity contribution in [1.29, 1.82) is 0 Å². The van der Waals surface area contributed by atoms with Crippen LogP contribution in [0.5, 0.6) is 0 Å². The van der Waals surface area contributed by atoms with Crippen LogP contribution < -0.4 is 5.73 Å². The molecule has 0 spiro atoms.